The van der Waals surface area contributed by atoms with Crippen molar-refractivity contribution in [3.05, 3.63) is 64.0 Å². The van der Waals surface area contributed by atoms with Crippen LogP contribution in [-0.2, 0) is 6.54 Å². The van der Waals surface area contributed by atoms with Gasteiger partial charge in [-0.25, -0.2) is 0 Å². The Hall–Kier alpha value is -2.41. The lowest BCUT2D eigenvalue weighted by atomic mass is 10.00. The molecule has 0 radical (unpaired) electrons. The normalized spacial score (nSPS) is 16.4. The van der Waals surface area contributed by atoms with Gasteiger partial charge in [0.25, 0.3) is 5.69 Å². The van der Waals surface area contributed by atoms with Crippen molar-refractivity contribution >= 4 is 23.0 Å². The lowest BCUT2D eigenvalue weighted by Crippen LogP contribution is -2.47. The number of aromatic nitrogens is 1. The topological polar surface area (TPSA) is 63.3 Å². The van der Waals surface area contributed by atoms with Crippen LogP contribution in [0, 0.1) is 10.1 Å². The Morgan fingerprint density at radius 3 is 2.76 bits per heavy atom. The average molecular weight is 358 g/mol. The van der Waals surface area contributed by atoms with Gasteiger partial charge in [0.05, 0.1) is 11.0 Å². The second-order valence-electron chi connectivity index (χ2n) is 6.16. The molecule has 0 spiro atoms. The summed E-state index contributed by atoms with van der Waals surface area (Å²) in [6.07, 6.45) is 4.26. The van der Waals surface area contributed by atoms with Crippen LogP contribution in [-0.4, -0.2) is 32.6 Å². The highest BCUT2D eigenvalue weighted by molar-refractivity contribution is 7.80. The third-order valence-electron chi connectivity index (χ3n) is 4.53. The number of hydrogen-bond acceptors (Lipinski definition) is 3. The third-order valence-corrected chi connectivity index (χ3v) is 4.90. The number of thiocarbonyl (C=S) groups is 1. The summed E-state index contributed by atoms with van der Waals surface area (Å²) in [4.78, 5) is 12.7. The second-order valence-corrected chi connectivity index (χ2v) is 6.54. The highest BCUT2D eigenvalue weighted by Crippen LogP contribution is 2.33. The van der Waals surface area contributed by atoms with E-state index in [2.05, 4.69) is 34.0 Å². The number of nitro benzene ring substituents is 1. The van der Waals surface area contributed by atoms with Gasteiger partial charge in [0, 0.05) is 43.7 Å². The Balaban J connectivity index is 1.90. The van der Waals surface area contributed by atoms with Crippen LogP contribution in [0.5, 0.6) is 0 Å². The number of non-ortho nitro benzene ring substituents is 1. The van der Waals surface area contributed by atoms with E-state index in [1.807, 2.05) is 18.2 Å². The number of benzene rings is 1. The summed E-state index contributed by atoms with van der Waals surface area (Å²) < 4.78 is 2.22. The van der Waals surface area contributed by atoms with E-state index in [4.69, 9.17) is 12.2 Å². The molecule has 1 N–H and O–H groups in total. The van der Waals surface area contributed by atoms with Crippen LogP contribution < -0.4 is 5.32 Å². The third kappa shape index (κ3) is 3.66. The first kappa shape index (κ1) is 17.4. The summed E-state index contributed by atoms with van der Waals surface area (Å²) in [6.45, 7) is 4.70. The van der Waals surface area contributed by atoms with Crippen molar-refractivity contribution in [1.29, 1.82) is 0 Å². The first-order chi connectivity index (χ1) is 12.1. The fraction of sp³-hybridized carbons (Fsp3) is 0.389. The lowest BCUT2D eigenvalue weighted by molar-refractivity contribution is -0.384. The van der Waals surface area contributed by atoms with Gasteiger partial charge in [-0.3, -0.25) is 10.1 Å². The molecule has 0 bridgehead atoms. The fourth-order valence-electron chi connectivity index (χ4n) is 3.20. The molecule has 1 aliphatic heterocycles. The molecule has 0 saturated heterocycles. The first-order valence-corrected chi connectivity index (χ1v) is 8.96. The van der Waals surface area contributed by atoms with Crippen molar-refractivity contribution in [2.75, 3.05) is 13.1 Å². The zero-order valence-corrected chi connectivity index (χ0v) is 15.0. The number of unbranched alkanes of at least 4 members (excludes halogenated alkanes) is 1. The van der Waals surface area contributed by atoms with Crippen molar-refractivity contribution in [2.24, 2.45) is 0 Å². The molecule has 2 heterocycles. The molecule has 0 amide bonds. The van der Waals surface area contributed by atoms with Gasteiger partial charge in [0.1, 0.15) is 0 Å². The molecule has 7 heteroatoms. The summed E-state index contributed by atoms with van der Waals surface area (Å²) in [7, 11) is 0. The van der Waals surface area contributed by atoms with Crippen LogP contribution in [0.15, 0.2) is 42.6 Å². The van der Waals surface area contributed by atoms with Crippen molar-refractivity contribution in [2.45, 2.75) is 32.4 Å². The predicted octanol–water partition coefficient (Wildman–Crippen LogP) is 3.48. The van der Waals surface area contributed by atoms with Gasteiger partial charge in [0.2, 0.25) is 0 Å². The molecule has 1 aromatic heterocycles. The molecular formula is C18H22N4O2S. The molecule has 0 saturated carbocycles. The quantitative estimate of drug-likeness (QED) is 0.384. The molecule has 1 atom stereocenters. The van der Waals surface area contributed by atoms with Gasteiger partial charge < -0.3 is 14.8 Å². The molecule has 0 aliphatic carbocycles. The van der Waals surface area contributed by atoms with Crippen molar-refractivity contribution < 1.29 is 4.92 Å². The Labute approximate surface area is 152 Å². The van der Waals surface area contributed by atoms with E-state index in [1.54, 1.807) is 12.1 Å². The van der Waals surface area contributed by atoms with E-state index in [-0.39, 0.29) is 16.7 Å². The maximum absolute atomic E-state index is 10.9. The number of nitrogens with one attached hydrogen (secondary N) is 1. The van der Waals surface area contributed by atoms with Gasteiger partial charge in [-0.15, -0.1) is 0 Å². The van der Waals surface area contributed by atoms with Crippen LogP contribution in [0.2, 0.25) is 0 Å². The maximum atomic E-state index is 10.9. The van der Waals surface area contributed by atoms with E-state index >= 15 is 0 Å². The number of rotatable bonds is 5. The molecule has 132 valence electrons. The van der Waals surface area contributed by atoms with E-state index < -0.39 is 0 Å². The first-order valence-electron chi connectivity index (χ1n) is 8.55. The smallest absolute Gasteiger partial charge is 0.269 e. The SMILES string of the molecule is CCCCNC(=S)N1CCn2cccc2C1c1ccc([N+](=O)[O-])cc1. The van der Waals surface area contributed by atoms with Crippen molar-refractivity contribution in [3.63, 3.8) is 0 Å². The summed E-state index contributed by atoms with van der Waals surface area (Å²) in [5.41, 5.74) is 2.26. The summed E-state index contributed by atoms with van der Waals surface area (Å²) in [5.74, 6) is 0. The van der Waals surface area contributed by atoms with Gasteiger partial charge >= 0.3 is 0 Å². The lowest BCUT2D eigenvalue weighted by Gasteiger charge is -2.39. The molecule has 6 nitrogen and oxygen atoms in total. The summed E-state index contributed by atoms with van der Waals surface area (Å²) >= 11 is 5.63. The van der Waals surface area contributed by atoms with Crippen LogP contribution >= 0.6 is 12.2 Å². The van der Waals surface area contributed by atoms with Crippen molar-refractivity contribution in [1.82, 2.24) is 14.8 Å². The predicted molar refractivity (Wildman–Crippen MR) is 102 cm³/mol. The van der Waals surface area contributed by atoms with E-state index in [9.17, 15) is 10.1 Å². The maximum Gasteiger partial charge on any atom is 0.269 e. The summed E-state index contributed by atoms with van der Waals surface area (Å²) in [5, 5.41) is 15.0. The average Bonchev–Trinajstić information content (AvgIpc) is 3.09. The highest BCUT2D eigenvalue weighted by atomic mass is 32.1. The van der Waals surface area contributed by atoms with Gasteiger partial charge in [-0.05, 0) is 48.5 Å². The van der Waals surface area contributed by atoms with Gasteiger partial charge in [0.15, 0.2) is 5.11 Å². The number of nitrogens with zero attached hydrogens (tertiary/aromatic N) is 3. The minimum atomic E-state index is -0.373. The summed E-state index contributed by atoms with van der Waals surface area (Å²) in [6, 6.07) is 10.9. The van der Waals surface area contributed by atoms with Crippen LogP contribution in [0.25, 0.3) is 0 Å². The number of fused-ring (bicyclic) bond motifs is 1. The van der Waals surface area contributed by atoms with E-state index in [1.165, 1.54) is 0 Å². The monoisotopic (exact) mass is 358 g/mol. The minimum Gasteiger partial charge on any atom is -0.363 e. The van der Waals surface area contributed by atoms with Crippen LogP contribution in [0.1, 0.15) is 37.1 Å². The number of hydrogen-bond donors (Lipinski definition) is 1. The van der Waals surface area contributed by atoms with E-state index in [0.29, 0.717) is 0 Å². The molecule has 1 unspecified atom stereocenters. The van der Waals surface area contributed by atoms with Gasteiger partial charge in [-0.1, -0.05) is 13.3 Å². The van der Waals surface area contributed by atoms with E-state index in [0.717, 1.165) is 48.8 Å². The highest BCUT2D eigenvalue weighted by Gasteiger charge is 2.30. The standard InChI is InChI=1S/C18H22N4O2S/c1-2-3-10-19-18(25)21-13-12-20-11-4-5-16(20)17(21)14-6-8-15(9-7-14)22(23)24/h4-9,11,17H,2-3,10,12-13H2,1H3,(H,19,25). The zero-order chi connectivity index (χ0) is 17.8. The molecule has 0 fully saturated rings. The van der Waals surface area contributed by atoms with Gasteiger partial charge in [-0.2, -0.15) is 0 Å². The molecule has 2 aromatic rings. The zero-order valence-electron chi connectivity index (χ0n) is 14.2. The minimum absolute atomic E-state index is 0.0359. The van der Waals surface area contributed by atoms with Crippen LogP contribution in [0.4, 0.5) is 5.69 Å². The Morgan fingerprint density at radius 2 is 2.08 bits per heavy atom. The second kappa shape index (κ2) is 7.65. The Morgan fingerprint density at radius 1 is 1.32 bits per heavy atom. The Kier molecular flexibility index (Phi) is 5.33. The largest absolute Gasteiger partial charge is 0.363 e. The molecular weight excluding hydrogens is 336 g/mol. The molecule has 25 heavy (non-hydrogen) atoms. The molecule has 3 rings (SSSR count). The van der Waals surface area contributed by atoms with Crippen molar-refractivity contribution in [3.8, 4) is 0 Å². The Bertz CT molecular complexity index is 757. The molecule has 1 aliphatic rings. The molecule has 1 aromatic carbocycles. The fourth-order valence-corrected chi connectivity index (χ4v) is 3.50. The van der Waals surface area contributed by atoms with Crippen LogP contribution in [0.3, 0.4) is 0 Å². The number of nitro groups is 1.